The highest BCUT2D eigenvalue weighted by Crippen LogP contribution is 2.06. The maximum absolute atomic E-state index is 11.5. The van der Waals surface area contributed by atoms with Crippen LogP contribution in [0.2, 0.25) is 0 Å². The molecule has 0 amide bonds. The van der Waals surface area contributed by atoms with Crippen LogP contribution in [0.25, 0.3) is 0 Å². The Morgan fingerprint density at radius 3 is 2.74 bits per heavy atom. The number of anilines is 1. The minimum absolute atomic E-state index is 0.122. The van der Waals surface area contributed by atoms with Crippen LogP contribution < -0.4 is 10.3 Å². The molecule has 1 aromatic rings. The summed E-state index contributed by atoms with van der Waals surface area (Å²) in [5.74, 6) is -2.50. The van der Waals surface area contributed by atoms with Gasteiger partial charge in [0.05, 0.1) is 12.3 Å². The van der Waals surface area contributed by atoms with E-state index in [9.17, 15) is 18.0 Å². The summed E-state index contributed by atoms with van der Waals surface area (Å²) >= 11 is 0. The normalized spacial score (nSPS) is 11.2. The summed E-state index contributed by atoms with van der Waals surface area (Å²) in [4.78, 5) is 21.8. The van der Waals surface area contributed by atoms with Crippen molar-refractivity contribution < 1.29 is 23.1 Å². The number of carboxylic acids is 1. The number of carbonyl (C=O) groups is 1. The number of ether oxygens (including phenoxy) is 1. The third kappa shape index (κ3) is 5.10. The number of aliphatic carboxylic acids is 1. The Labute approximate surface area is 109 Å². The van der Waals surface area contributed by atoms with Crippen LogP contribution in [0.15, 0.2) is 23.1 Å². The van der Waals surface area contributed by atoms with Gasteiger partial charge in [0.1, 0.15) is 0 Å². The van der Waals surface area contributed by atoms with Crippen molar-refractivity contribution in [3.8, 4) is 0 Å². The first-order valence-corrected chi connectivity index (χ1v) is 6.91. The molecule has 0 bridgehead atoms. The summed E-state index contributed by atoms with van der Waals surface area (Å²) in [6.45, 7) is 0.565. The Balaban J connectivity index is 2.91. The number of rotatable bonds is 7. The Morgan fingerprint density at radius 1 is 1.47 bits per heavy atom. The van der Waals surface area contributed by atoms with E-state index >= 15 is 0 Å². The van der Waals surface area contributed by atoms with Crippen LogP contribution >= 0.6 is 0 Å². The van der Waals surface area contributed by atoms with Gasteiger partial charge in [-0.15, -0.1) is 0 Å². The van der Waals surface area contributed by atoms with Gasteiger partial charge in [-0.2, -0.15) is 0 Å². The molecule has 0 atom stereocenters. The quantitative estimate of drug-likeness (QED) is 0.687. The molecule has 1 heterocycles. The van der Waals surface area contributed by atoms with Crippen molar-refractivity contribution >= 4 is 21.7 Å². The van der Waals surface area contributed by atoms with E-state index in [1.165, 1.54) is 30.0 Å². The van der Waals surface area contributed by atoms with Crippen LogP contribution in [-0.4, -0.2) is 43.5 Å². The zero-order chi connectivity index (χ0) is 14.5. The second kappa shape index (κ2) is 6.34. The van der Waals surface area contributed by atoms with Crippen LogP contribution in [0, 0.1) is 0 Å². The molecule has 9 heteroatoms. The number of aromatic nitrogens is 1. The molecule has 0 saturated heterocycles. The zero-order valence-electron chi connectivity index (χ0n) is 10.2. The number of hydrogen-bond acceptors (Lipinski definition) is 5. The minimum Gasteiger partial charge on any atom is -0.480 e. The largest absolute Gasteiger partial charge is 0.480 e. The lowest BCUT2D eigenvalue weighted by atomic mass is 10.4. The Morgan fingerprint density at radius 2 is 2.16 bits per heavy atom. The van der Waals surface area contributed by atoms with Crippen molar-refractivity contribution in [2.24, 2.45) is 0 Å². The molecule has 0 unspecified atom stereocenters. The van der Waals surface area contributed by atoms with E-state index in [1.54, 1.807) is 0 Å². The summed E-state index contributed by atoms with van der Waals surface area (Å²) in [7, 11) is -2.50. The molecule has 1 aromatic heterocycles. The average molecular weight is 290 g/mol. The second-order valence-electron chi connectivity index (χ2n) is 3.70. The molecule has 2 N–H and O–H groups in total. The molecule has 0 spiro atoms. The lowest BCUT2D eigenvalue weighted by Crippen LogP contribution is -2.25. The van der Waals surface area contributed by atoms with Crippen molar-refractivity contribution in [1.82, 2.24) is 4.57 Å². The van der Waals surface area contributed by atoms with E-state index < -0.39 is 21.7 Å². The molecule has 0 saturated carbocycles. The fourth-order valence-corrected chi connectivity index (χ4v) is 2.21. The molecular weight excluding hydrogens is 276 g/mol. The highest BCUT2D eigenvalue weighted by atomic mass is 32.2. The van der Waals surface area contributed by atoms with Crippen LogP contribution in [-0.2, 0) is 26.1 Å². The summed E-state index contributed by atoms with van der Waals surface area (Å²) in [6, 6.07) is 2.46. The molecule has 19 heavy (non-hydrogen) atoms. The number of nitrogens with zero attached hydrogens (tertiary/aromatic N) is 1. The smallest absolute Gasteiger partial charge is 0.320 e. The predicted molar refractivity (Wildman–Crippen MR) is 67.6 cm³/mol. The van der Waals surface area contributed by atoms with Crippen molar-refractivity contribution in [1.29, 1.82) is 0 Å². The van der Waals surface area contributed by atoms with Crippen molar-refractivity contribution in [3.63, 3.8) is 0 Å². The number of sulfonamides is 1. The van der Waals surface area contributed by atoms with E-state index in [4.69, 9.17) is 9.84 Å². The second-order valence-corrected chi connectivity index (χ2v) is 5.42. The topological polar surface area (TPSA) is 115 Å². The van der Waals surface area contributed by atoms with Crippen LogP contribution in [0.5, 0.6) is 0 Å². The van der Waals surface area contributed by atoms with Crippen molar-refractivity contribution in [2.45, 2.75) is 6.54 Å². The third-order valence-electron chi connectivity index (χ3n) is 2.11. The van der Waals surface area contributed by atoms with Gasteiger partial charge in [-0.3, -0.25) is 14.3 Å². The number of nitrogens with one attached hydrogen (secondary N) is 1. The van der Waals surface area contributed by atoms with Crippen LogP contribution in [0.1, 0.15) is 0 Å². The van der Waals surface area contributed by atoms with Gasteiger partial charge in [0.25, 0.3) is 5.56 Å². The van der Waals surface area contributed by atoms with Gasteiger partial charge in [-0.25, -0.2) is 8.42 Å². The van der Waals surface area contributed by atoms with E-state index in [1.807, 2.05) is 0 Å². The standard InChI is InChI=1S/C10H14N2O6S/c1-18-5-4-12-6-8(2-3-9(12)13)11-19(16,17)7-10(14)15/h2-3,6,11H,4-5,7H2,1H3,(H,14,15). The van der Waals surface area contributed by atoms with Crippen LogP contribution in [0.4, 0.5) is 5.69 Å². The number of hydrogen-bond donors (Lipinski definition) is 2. The van der Waals surface area contributed by atoms with Gasteiger partial charge in [0.2, 0.25) is 10.0 Å². The molecule has 1 rings (SSSR count). The minimum atomic E-state index is -3.98. The third-order valence-corrected chi connectivity index (χ3v) is 3.28. The van der Waals surface area contributed by atoms with Crippen molar-refractivity contribution in [3.05, 3.63) is 28.7 Å². The first-order valence-electron chi connectivity index (χ1n) is 5.26. The first kappa shape index (κ1) is 15.2. The maximum Gasteiger partial charge on any atom is 0.320 e. The SMILES string of the molecule is COCCn1cc(NS(=O)(=O)CC(=O)O)ccc1=O. The first-order chi connectivity index (χ1) is 8.84. The van der Waals surface area contributed by atoms with Gasteiger partial charge in [-0.05, 0) is 6.07 Å². The van der Waals surface area contributed by atoms with Crippen molar-refractivity contribution in [2.75, 3.05) is 24.2 Å². The molecule has 0 aliphatic carbocycles. The highest BCUT2D eigenvalue weighted by molar-refractivity contribution is 7.93. The fourth-order valence-electron chi connectivity index (χ4n) is 1.33. The molecular formula is C10H14N2O6S. The molecule has 0 aliphatic rings. The molecule has 0 radical (unpaired) electrons. The lowest BCUT2D eigenvalue weighted by Gasteiger charge is -2.09. The average Bonchev–Trinajstić information content (AvgIpc) is 2.27. The number of carboxylic acid groups (broad SMARTS) is 1. The lowest BCUT2D eigenvalue weighted by molar-refractivity contribution is -0.134. The summed E-state index contributed by atoms with van der Waals surface area (Å²) in [6.07, 6.45) is 1.29. The maximum atomic E-state index is 11.5. The molecule has 8 nitrogen and oxygen atoms in total. The highest BCUT2D eigenvalue weighted by Gasteiger charge is 2.15. The van der Waals surface area contributed by atoms with Gasteiger partial charge in [0.15, 0.2) is 5.75 Å². The van der Waals surface area contributed by atoms with E-state index in [0.29, 0.717) is 6.61 Å². The fraction of sp³-hybridized carbons (Fsp3) is 0.400. The van der Waals surface area contributed by atoms with Gasteiger partial charge < -0.3 is 14.4 Å². The Kier molecular flexibility index (Phi) is 5.07. The monoisotopic (exact) mass is 290 g/mol. The number of methoxy groups -OCH3 is 1. The summed E-state index contributed by atoms with van der Waals surface area (Å²) in [5, 5.41) is 8.45. The van der Waals surface area contributed by atoms with Crippen LogP contribution in [0.3, 0.4) is 0 Å². The Hall–Kier alpha value is -1.87. The van der Waals surface area contributed by atoms with Gasteiger partial charge in [-0.1, -0.05) is 0 Å². The number of pyridine rings is 1. The molecule has 0 aliphatic heterocycles. The van der Waals surface area contributed by atoms with E-state index in [-0.39, 0.29) is 17.8 Å². The molecule has 0 fully saturated rings. The predicted octanol–water partition coefficient (Wildman–Crippen LogP) is -0.679. The molecule has 0 aromatic carbocycles. The molecule has 106 valence electrons. The summed E-state index contributed by atoms with van der Waals surface area (Å²) in [5.41, 5.74) is -0.185. The Bertz CT molecular complexity index is 607. The van der Waals surface area contributed by atoms with Gasteiger partial charge in [0, 0.05) is 25.9 Å². The zero-order valence-corrected chi connectivity index (χ0v) is 11.0. The van der Waals surface area contributed by atoms with Gasteiger partial charge >= 0.3 is 5.97 Å². The summed E-state index contributed by atoms with van der Waals surface area (Å²) < 4.78 is 31.0. The van der Waals surface area contributed by atoms with E-state index in [2.05, 4.69) is 4.72 Å². The van der Waals surface area contributed by atoms with E-state index in [0.717, 1.165) is 0 Å².